The van der Waals surface area contributed by atoms with Gasteiger partial charge in [-0.25, -0.2) is 4.68 Å². The van der Waals surface area contributed by atoms with Gasteiger partial charge in [0.1, 0.15) is 18.3 Å². The molecule has 6 nitrogen and oxygen atoms in total. The van der Waals surface area contributed by atoms with Crippen molar-refractivity contribution in [3.8, 4) is 17.3 Å². The van der Waals surface area contributed by atoms with E-state index in [0.29, 0.717) is 6.54 Å². The van der Waals surface area contributed by atoms with Gasteiger partial charge in [0.15, 0.2) is 0 Å². The highest BCUT2D eigenvalue weighted by Crippen LogP contribution is 2.18. The first-order valence-electron chi connectivity index (χ1n) is 6.92. The largest absolute Gasteiger partial charge is 0.325 e. The lowest BCUT2D eigenvalue weighted by atomic mass is 10.2. The van der Waals surface area contributed by atoms with Gasteiger partial charge in [-0.2, -0.15) is 5.26 Å². The van der Waals surface area contributed by atoms with Gasteiger partial charge in [-0.15, -0.1) is 5.10 Å². The molecular formula is C15H15N5O. The monoisotopic (exact) mass is 281 g/mol. The van der Waals surface area contributed by atoms with E-state index >= 15 is 0 Å². The Kier molecular flexibility index (Phi) is 3.65. The second-order valence-electron chi connectivity index (χ2n) is 5.04. The molecule has 1 amide bonds. The van der Waals surface area contributed by atoms with Crippen molar-refractivity contribution in [2.45, 2.75) is 25.4 Å². The molecule has 1 aliphatic rings. The van der Waals surface area contributed by atoms with Crippen LogP contribution in [0.4, 0.5) is 0 Å². The molecule has 0 aliphatic carbocycles. The molecule has 2 heterocycles. The predicted molar refractivity (Wildman–Crippen MR) is 75.8 cm³/mol. The summed E-state index contributed by atoms with van der Waals surface area (Å²) in [5.74, 6) is -0.0800. The van der Waals surface area contributed by atoms with Crippen LogP contribution in [0.15, 0.2) is 36.5 Å². The average molecular weight is 281 g/mol. The lowest BCUT2D eigenvalue weighted by molar-refractivity contribution is -0.132. The van der Waals surface area contributed by atoms with E-state index in [9.17, 15) is 4.79 Å². The van der Waals surface area contributed by atoms with Crippen LogP contribution in [0.1, 0.15) is 12.8 Å². The minimum atomic E-state index is -0.297. The van der Waals surface area contributed by atoms with Crippen molar-refractivity contribution >= 4 is 5.91 Å². The summed E-state index contributed by atoms with van der Waals surface area (Å²) < 4.78 is 1.53. The number of amides is 1. The van der Waals surface area contributed by atoms with Crippen molar-refractivity contribution in [3.63, 3.8) is 0 Å². The van der Waals surface area contributed by atoms with Crippen LogP contribution in [0.2, 0.25) is 0 Å². The number of hydrogen-bond acceptors (Lipinski definition) is 4. The first kappa shape index (κ1) is 13.3. The van der Waals surface area contributed by atoms with E-state index in [0.717, 1.165) is 24.1 Å². The Hall–Kier alpha value is -2.68. The number of hydrogen-bond donors (Lipinski definition) is 0. The highest BCUT2D eigenvalue weighted by molar-refractivity contribution is 5.77. The summed E-state index contributed by atoms with van der Waals surface area (Å²) in [6.07, 6.45) is 3.40. The smallest absolute Gasteiger partial charge is 0.245 e. The molecule has 1 aliphatic heterocycles. The van der Waals surface area contributed by atoms with Crippen molar-refractivity contribution in [3.05, 3.63) is 36.5 Å². The van der Waals surface area contributed by atoms with Gasteiger partial charge < -0.3 is 4.90 Å². The summed E-state index contributed by atoms with van der Waals surface area (Å²) in [6.45, 7) is 0.773. The molecule has 21 heavy (non-hydrogen) atoms. The van der Waals surface area contributed by atoms with Gasteiger partial charge in [0, 0.05) is 12.1 Å². The second kappa shape index (κ2) is 5.75. The average Bonchev–Trinajstić information content (AvgIpc) is 3.16. The van der Waals surface area contributed by atoms with E-state index in [4.69, 9.17) is 5.26 Å². The van der Waals surface area contributed by atoms with Gasteiger partial charge in [-0.1, -0.05) is 35.5 Å². The molecule has 1 fully saturated rings. The van der Waals surface area contributed by atoms with Gasteiger partial charge in [-0.05, 0) is 12.8 Å². The van der Waals surface area contributed by atoms with Crippen molar-refractivity contribution in [1.29, 1.82) is 5.26 Å². The predicted octanol–water partition coefficient (Wildman–Crippen LogP) is 1.46. The molecule has 0 unspecified atom stereocenters. The summed E-state index contributed by atoms with van der Waals surface area (Å²) in [6, 6.07) is 11.6. The number of nitrogens with zero attached hydrogens (tertiary/aromatic N) is 5. The van der Waals surface area contributed by atoms with Gasteiger partial charge >= 0.3 is 0 Å². The fourth-order valence-corrected chi connectivity index (χ4v) is 2.55. The molecule has 0 spiro atoms. The van der Waals surface area contributed by atoms with Crippen LogP contribution in [0, 0.1) is 11.3 Å². The SMILES string of the molecule is N#C[C@@H]1CCCN1C(=O)Cn1cc(-c2ccccc2)nn1. The van der Waals surface area contributed by atoms with E-state index in [-0.39, 0.29) is 18.5 Å². The maximum absolute atomic E-state index is 12.2. The molecule has 1 aromatic carbocycles. The Morgan fingerprint density at radius 1 is 1.38 bits per heavy atom. The molecule has 3 rings (SSSR count). The van der Waals surface area contributed by atoms with Crippen molar-refractivity contribution in [1.82, 2.24) is 19.9 Å². The maximum Gasteiger partial charge on any atom is 0.245 e. The molecule has 0 bridgehead atoms. The van der Waals surface area contributed by atoms with E-state index in [1.807, 2.05) is 30.3 Å². The van der Waals surface area contributed by atoms with Crippen molar-refractivity contribution in [2.24, 2.45) is 0 Å². The van der Waals surface area contributed by atoms with E-state index < -0.39 is 0 Å². The van der Waals surface area contributed by atoms with Crippen LogP contribution < -0.4 is 0 Å². The molecular weight excluding hydrogens is 266 g/mol. The summed E-state index contributed by atoms with van der Waals surface area (Å²) in [7, 11) is 0. The fraction of sp³-hybridized carbons (Fsp3) is 0.333. The van der Waals surface area contributed by atoms with Crippen LogP contribution in [-0.2, 0) is 11.3 Å². The van der Waals surface area contributed by atoms with E-state index in [1.165, 1.54) is 4.68 Å². The molecule has 2 aromatic rings. The van der Waals surface area contributed by atoms with Crippen molar-refractivity contribution < 1.29 is 4.79 Å². The van der Waals surface area contributed by atoms with Crippen LogP contribution in [0.5, 0.6) is 0 Å². The topological polar surface area (TPSA) is 74.8 Å². The Morgan fingerprint density at radius 2 is 2.19 bits per heavy atom. The first-order chi connectivity index (χ1) is 10.3. The van der Waals surface area contributed by atoms with Gasteiger partial charge in [0.2, 0.25) is 5.91 Å². The first-order valence-corrected chi connectivity index (χ1v) is 6.92. The van der Waals surface area contributed by atoms with Crippen molar-refractivity contribution in [2.75, 3.05) is 6.54 Å². The van der Waals surface area contributed by atoms with Gasteiger partial charge in [0.25, 0.3) is 0 Å². The summed E-state index contributed by atoms with van der Waals surface area (Å²) in [4.78, 5) is 13.8. The van der Waals surface area contributed by atoms with E-state index in [2.05, 4.69) is 16.4 Å². The molecule has 0 radical (unpaired) electrons. The quantitative estimate of drug-likeness (QED) is 0.853. The summed E-state index contributed by atoms with van der Waals surface area (Å²) in [5, 5.41) is 17.1. The number of nitriles is 1. The fourth-order valence-electron chi connectivity index (χ4n) is 2.55. The van der Waals surface area contributed by atoms with Gasteiger partial charge in [0.05, 0.1) is 12.3 Å². The lowest BCUT2D eigenvalue weighted by Crippen LogP contribution is -2.37. The normalized spacial score (nSPS) is 17.7. The number of likely N-dealkylation sites (tertiary alicyclic amines) is 1. The summed E-state index contributed by atoms with van der Waals surface area (Å²) >= 11 is 0. The highest BCUT2D eigenvalue weighted by Gasteiger charge is 2.28. The Bertz CT molecular complexity index is 673. The number of aromatic nitrogens is 3. The zero-order valence-electron chi connectivity index (χ0n) is 11.5. The van der Waals surface area contributed by atoms with E-state index in [1.54, 1.807) is 11.1 Å². The summed E-state index contributed by atoms with van der Waals surface area (Å²) in [5.41, 5.74) is 1.70. The highest BCUT2D eigenvalue weighted by atomic mass is 16.2. The Labute approximate surface area is 122 Å². The molecule has 0 saturated carbocycles. The zero-order valence-corrected chi connectivity index (χ0v) is 11.5. The van der Waals surface area contributed by atoms with Crippen LogP contribution in [0.3, 0.4) is 0 Å². The zero-order chi connectivity index (χ0) is 14.7. The molecule has 1 aromatic heterocycles. The number of carbonyl (C=O) groups excluding carboxylic acids is 1. The Balaban J connectivity index is 1.70. The third-order valence-corrected chi connectivity index (χ3v) is 3.63. The lowest BCUT2D eigenvalue weighted by Gasteiger charge is -2.18. The third kappa shape index (κ3) is 2.77. The number of rotatable bonds is 3. The minimum absolute atomic E-state index is 0.0800. The minimum Gasteiger partial charge on any atom is -0.325 e. The van der Waals surface area contributed by atoms with Crippen LogP contribution in [0.25, 0.3) is 11.3 Å². The standard InChI is InChI=1S/C15H15N5O/c16-9-13-7-4-8-20(13)15(21)11-19-10-14(17-18-19)12-5-2-1-3-6-12/h1-3,5-6,10,13H,4,7-8,11H2/t13-/m0/s1. The van der Waals surface area contributed by atoms with Crippen LogP contribution in [-0.4, -0.2) is 38.4 Å². The number of benzene rings is 1. The third-order valence-electron chi connectivity index (χ3n) is 3.63. The molecule has 1 saturated heterocycles. The van der Waals surface area contributed by atoms with Gasteiger partial charge in [-0.3, -0.25) is 4.79 Å². The van der Waals surface area contributed by atoms with Crippen LogP contribution >= 0.6 is 0 Å². The maximum atomic E-state index is 12.2. The second-order valence-corrected chi connectivity index (χ2v) is 5.04. The molecule has 106 valence electrons. The Morgan fingerprint density at radius 3 is 2.95 bits per heavy atom. The molecule has 6 heteroatoms. The molecule has 0 N–H and O–H groups in total. The molecule has 1 atom stereocenters. The number of carbonyl (C=O) groups is 1.